The maximum atomic E-state index is 13.9. The molecule has 0 aromatic rings. The summed E-state index contributed by atoms with van der Waals surface area (Å²) in [5.41, 5.74) is 37.6. The van der Waals surface area contributed by atoms with Crippen molar-refractivity contribution in [2.24, 2.45) is 61.0 Å². The van der Waals surface area contributed by atoms with Gasteiger partial charge in [0.15, 0.2) is 17.9 Å². The molecule has 7 amide bonds. The Bertz CT molecular complexity index is 1820. The van der Waals surface area contributed by atoms with Crippen LogP contribution in [0.2, 0.25) is 0 Å². The number of nitrogens with zero attached hydrogens (tertiary/aromatic N) is 3. The number of rotatable bonds is 34. The fourth-order valence-electron chi connectivity index (χ4n) is 5.96. The SMILES string of the molecule is CC(C)C[C@H](NC(=O)[C@@H](NC(=O)[C@H](CCCN=C(N)N)NC(=O)[C@H](CC(=O)O)NC(=O)[C@H](CO)NC(=O)[C@@H](N)CO)[C@@H](C)O)C(=O)N[C@@H](CCCN=C(N)N)C(=O)N[C@@H](CCCN=C(N)N)C(=O)O. The van der Waals surface area contributed by atoms with Crippen molar-refractivity contribution in [1.29, 1.82) is 0 Å². The number of aliphatic hydroxyl groups excluding tert-OH is 3. The molecule has 0 aromatic heterocycles. The summed E-state index contributed by atoms with van der Waals surface area (Å²) >= 11 is 0. The van der Waals surface area contributed by atoms with Crippen LogP contribution in [0.3, 0.4) is 0 Å². The summed E-state index contributed by atoms with van der Waals surface area (Å²) < 4.78 is 0. The molecule has 0 unspecified atom stereocenters. The van der Waals surface area contributed by atoms with E-state index in [9.17, 15) is 63.6 Å². The lowest BCUT2D eigenvalue weighted by Crippen LogP contribution is -2.62. The zero-order valence-electron chi connectivity index (χ0n) is 38.8. The molecule has 26 N–H and O–H groups in total. The first-order chi connectivity index (χ1) is 32.2. The molecule has 0 fully saturated rings. The first-order valence-electron chi connectivity index (χ1n) is 21.6. The van der Waals surface area contributed by atoms with Crippen LogP contribution in [0, 0.1) is 5.92 Å². The van der Waals surface area contributed by atoms with Crippen LogP contribution in [0.15, 0.2) is 15.0 Å². The molecule has 69 heavy (non-hydrogen) atoms. The summed E-state index contributed by atoms with van der Waals surface area (Å²) in [4.78, 5) is 129. The Kier molecular flexibility index (Phi) is 29.2. The predicted octanol–water partition coefficient (Wildman–Crippen LogP) is -9.16. The van der Waals surface area contributed by atoms with Gasteiger partial charge in [0.25, 0.3) is 0 Å². The normalized spacial score (nSPS) is 14.8. The maximum Gasteiger partial charge on any atom is 0.326 e. The third kappa shape index (κ3) is 26.1. The fraction of sp³-hybridized carbons (Fsp3) is 0.684. The number of aliphatic carboxylic acids is 2. The van der Waals surface area contributed by atoms with Crippen LogP contribution in [0.1, 0.15) is 72.1 Å². The van der Waals surface area contributed by atoms with Gasteiger partial charge in [-0.3, -0.25) is 53.3 Å². The molecule has 0 saturated carbocycles. The zero-order chi connectivity index (χ0) is 53.0. The standard InChI is InChI=1S/C38H71N17O14/c1-17(2)13-23(31(64)49-20(7-4-10-46-36(40)41)29(62)51-22(35(68)69)9-6-12-48-38(44)45)53-34(67)27(18(3)58)55-30(63)21(8-5-11-47-37(42)43)50-32(65)24(14-26(59)60)52-33(66)25(16-57)54-28(61)19(39)15-56/h17-25,27,56-58H,4-16,39H2,1-3H3,(H,49,64)(H,50,65)(H,51,62)(H,52,66)(H,53,67)(H,54,61)(H,55,63)(H,59,60)(H,68,69)(H4,40,41,46)(H4,42,43,47)(H4,44,45,48)/t18-,19+,20+,21+,22+,23+,24+,25+,27+/m1/s1. The van der Waals surface area contributed by atoms with E-state index in [1.165, 1.54) is 0 Å². The van der Waals surface area contributed by atoms with Gasteiger partial charge in [0.2, 0.25) is 41.4 Å². The number of nitrogens with two attached hydrogens (primary N) is 7. The Morgan fingerprint density at radius 3 is 1.23 bits per heavy atom. The summed E-state index contributed by atoms with van der Waals surface area (Å²) in [5.74, 6) is -11.8. The predicted molar refractivity (Wildman–Crippen MR) is 246 cm³/mol. The first-order valence-corrected chi connectivity index (χ1v) is 21.6. The van der Waals surface area contributed by atoms with E-state index >= 15 is 0 Å². The number of amides is 7. The van der Waals surface area contributed by atoms with E-state index in [0.717, 1.165) is 6.92 Å². The van der Waals surface area contributed by atoms with Gasteiger partial charge in [0, 0.05) is 19.6 Å². The van der Waals surface area contributed by atoms with E-state index in [4.69, 9.17) is 45.2 Å². The second-order valence-corrected chi connectivity index (χ2v) is 16.0. The van der Waals surface area contributed by atoms with Crippen LogP contribution >= 0.6 is 0 Å². The van der Waals surface area contributed by atoms with Crippen LogP contribution < -0.4 is 77.4 Å². The second-order valence-electron chi connectivity index (χ2n) is 16.0. The van der Waals surface area contributed by atoms with E-state index in [0.29, 0.717) is 0 Å². The molecule has 0 rings (SSSR count). The summed E-state index contributed by atoms with van der Waals surface area (Å²) in [6, 6.07) is -13.0. The molecule has 31 nitrogen and oxygen atoms in total. The van der Waals surface area contributed by atoms with Crippen molar-refractivity contribution >= 4 is 71.2 Å². The average Bonchev–Trinajstić information content (AvgIpc) is 3.25. The van der Waals surface area contributed by atoms with Crippen molar-refractivity contribution in [3.05, 3.63) is 0 Å². The van der Waals surface area contributed by atoms with Crippen LogP contribution in [-0.4, -0.2) is 184 Å². The number of carbonyl (C=O) groups excluding carboxylic acids is 7. The van der Waals surface area contributed by atoms with E-state index in [1.807, 2.05) is 5.32 Å². The average molecular weight is 990 g/mol. The minimum atomic E-state index is -1.95. The smallest absolute Gasteiger partial charge is 0.326 e. The van der Waals surface area contributed by atoms with Gasteiger partial charge < -0.3 is 103 Å². The third-order valence-electron chi connectivity index (χ3n) is 9.48. The lowest BCUT2D eigenvalue weighted by atomic mass is 10.0. The number of guanidine groups is 3. The summed E-state index contributed by atoms with van der Waals surface area (Å²) in [5, 5.41) is 64.9. The Morgan fingerprint density at radius 1 is 0.478 bits per heavy atom. The van der Waals surface area contributed by atoms with Gasteiger partial charge in [-0.2, -0.15) is 0 Å². The largest absolute Gasteiger partial charge is 0.481 e. The second kappa shape index (κ2) is 32.6. The number of aliphatic hydroxyl groups is 3. The number of carboxylic acids is 2. The molecular weight excluding hydrogens is 919 g/mol. The first kappa shape index (κ1) is 61.9. The monoisotopic (exact) mass is 990 g/mol. The minimum Gasteiger partial charge on any atom is -0.481 e. The Hall–Kier alpha value is -7.12. The van der Waals surface area contributed by atoms with E-state index in [2.05, 4.69) is 46.9 Å². The zero-order valence-corrected chi connectivity index (χ0v) is 38.8. The molecule has 31 heteroatoms. The highest BCUT2D eigenvalue weighted by molar-refractivity contribution is 5.98. The molecule has 9 atom stereocenters. The van der Waals surface area contributed by atoms with Crippen molar-refractivity contribution < 1.29 is 68.7 Å². The van der Waals surface area contributed by atoms with Crippen molar-refractivity contribution in [1.82, 2.24) is 37.2 Å². The Balaban J connectivity index is 6.65. The van der Waals surface area contributed by atoms with Crippen molar-refractivity contribution in [2.75, 3.05) is 32.8 Å². The molecule has 0 aliphatic heterocycles. The Labute approximate surface area is 397 Å². The van der Waals surface area contributed by atoms with Crippen molar-refractivity contribution in [3.63, 3.8) is 0 Å². The van der Waals surface area contributed by atoms with Crippen LogP contribution in [0.25, 0.3) is 0 Å². The number of nitrogens with one attached hydrogen (secondary N) is 7. The molecule has 0 heterocycles. The summed E-state index contributed by atoms with van der Waals surface area (Å²) in [6.07, 6.45) is -3.10. The quantitative estimate of drug-likeness (QED) is 0.0162. The molecule has 0 spiro atoms. The molecule has 392 valence electrons. The van der Waals surface area contributed by atoms with E-state index in [-0.39, 0.29) is 88.4 Å². The fourth-order valence-corrected chi connectivity index (χ4v) is 5.96. The molecular formula is C38H71N17O14. The molecule has 0 aliphatic carbocycles. The number of carboxylic acid groups (broad SMARTS) is 2. The van der Waals surface area contributed by atoms with Crippen molar-refractivity contribution in [3.8, 4) is 0 Å². The summed E-state index contributed by atoms with van der Waals surface area (Å²) in [7, 11) is 0. The van der Waals surface area contributed by atoms with Gasteiger partial charge in [0.1, 0.15) is 48.3 Å². The van der Waals surface area contributed by atoms with E-state index < -0.39 is 127 Å². The number of hydrogen-bond donors (Lipinski definition) is 19. The van der Waals surface area contributed by atoms with Gasteiger partial charge in [-0.15, -0.1) is 0 Å². The topological polar surface area (TPSA) is 558 Å². The van der Waals surface area contributed by atoms with Gasteiger partial charge in [-0.1, -0.05) is 13.8 Å². The molecule has 0 saturated heterocycles. The van der Waals surface area contributed by atoms with Crippen LogP contribution in [-0.2, 0) is 43.2 Å². The molecule has 0 aromatic carbocycles. The van der Waals surface area contributed by atoms with Gasteiger partial charge in [-0.25, -0.2) is 4.79 Å². The number of carbonyl (C=O) groups is 9. The molecule has 0 bridgehead atoms. The van der Waals surface area contributed by atoms with Crippen LogP contribution in [0.4, 0.5) is 0 Å². The lowest BCUT2D eigenvalue weighted by Gasteiger charge is -2.29. The van der Waals surface area contributed by atoms with Gasteiger partial charge in [0.05, 0.1) is 25.7 Å². The lowest BCUT2D eigenvalue weighted by molar-refractivity contribution is -0.142. The van der Waals surface area contributed by atoms with Crippen molar-refractivity contribution in [2.45, 2.75) is 127 Å². The van der Waals surface area contributed by atoms with Gasteiger partial charge >= 0.3 is 11.9 Å². The Morgan fingerprint density at radius 2 is 0.841 bits per heavy atom. The summed E-state index contributed by atoms with van der Waals surface area (Å²) in [6.45, 7) is 2.60. The highest BCUT2D eigenvalue weighted by Crippen LogP contribution is 2.10. The van der Waals surface area contributed by atoms with E-state index in [1.54, 1.807) is 13.8 Å². The highest BCUT2D eigenvalue weighted by Gasteiger charge is 2.36. The highest BCUT2D eigenvalue weighted by atomic mass is 16.4. The number of hydrogen-bond acceptors (Lipinski definition) is 16. The van der Waals surface area contributed by atoms with Crippen LogP contribution in [0.5, 0.6) is 0 Å². The third-order valence-corrected chi connectivity index (χ3v) is 9.48. The molecule has 0 aliphatic rings. The minimum absolute atomic E-state index is 0.0148. The number of aliphatic imine (C=N–C) groups is 3. The van der Waals surface area contributed by atoms with Gasteiger partial charge in [-0.05, 0) is 57.8 Å². The maximum absolute atomic E-state index is 13.9. The molecule has 0 radical (unpaired) electrons.